The van der Waals surface area contributed by atoms with Crippen LogP contribution < -0.4 is 20.1 Å². The number of nitrogens with one attached hydrogen (secondary N) is 2. The number of methoxy groups -OCH3 is 1. The van der Waals surface area contributed by atoms with Crippen LogP contribution in [0.4, 0.5) is 5.69 Å². The van der Waals surface area contributed by atoms with Gasteiger partial charge in [-0.15, -0.1) is 0 Å². The fraction of sp³-hybridized carbons (Fsp3) is 0.167. The Labute approximate surface area is 189 Å². The van der Waals surface area contributed by atoms with Crippen LogP contribution in [0.1, 0.15) is 15.9 Å². The maximum Gasteiger partial charge on any atom is 0.262 e. The second-order valence-electron chi connectivity index (χ2n) is 6.66. The monoisotopic (exact) mass is 482 g/mol. The number of hydrogen-bond acceptors (Lipinski definition) is 4. The van der Waals surface area contributed by atoms with Crippen LogP contribution in [0, 0.1) is 0 Å². The quantitative estimate of drug-likeness (QED) is 0.472. The smallest absolute Gasteiger partial charge is 0.262 e. The van der Waals surface area contributed by atoms with E-state index in [-0.39, 0.29) is 18.4 Å². The van der Waals surface area contributed by atoms with Gasteiger partial charge in [-0.25, -0.2) is 0 Å². The Bertz CT molecular complexity index is 1040. The lowest BCUT2D eigenvalue weighted by Gasteiger charge is -2.12. The van der Waals surface area contributed by atoms with E-state index in [4.69, 9.17) is 9.47 Å². The predicted octanol–water partition coefficient (Wildman–Crippen LogP) is 4.45. The van der Waals surface area contributed by atoms with E-state index in [1.54, 1.807) is 43.5 Å². The van der Waals surface area contributed by atoms with Crippen molar-refractivity contribution in [3.63, 3.8) is 0 Å². The number of para-hydroxylation sites is 2. The van der Waals surface area contributed by atoms with Gasteiger partial charge in [-0.05, 0) is 54.4 Å². The standard InChI is InChI=1S/C24H23BrN2O4/c1-30-21-8-4-2-6-17(21)14-15-26-24(29)20-7-3-5-9-22(20)31-16-23(28)27-19-12-10-18(25)11-13-19/h2-13H,14-16H2,1H3,(H,26,29)(H,27,28). The summed E-state index contributed by atoms with van der Waals surface area (Å²) in [5, 5.41) is 5.65. The van der Waals surface area contributed by atoms with Crippen LogP contribution in [0.15, 0.2) is 77.3 Å². The third-order valence-corrected chi connectivity index (χ3v) is 5.02. The van der Waals surface area contributed by atoms with Gasteiger partial charge in [0.15, 0.2) is 6.61 Å². The van der Waals surface area contributed by atoms with Crippen LogP contribution in [0.3, 0.4) is 0 Å². The Morgan fingerprint density at radius 2 is 1.58 bits per heavy atom. The molecule has 7 heteroatoms. The number of halogens is 1. The highest BCUT2D eigenvalue weighted by molar-refractivity contribution is 9.10. The molecular formula is C24H23BrN2O4. The zero-order valence-electron chi connectivity index (χ0n) is 17.1. The normalized spacial score (nSPS) is 10.3. The molecule has 0 fully saturated rings. The summed E-state index contributed by atoms with van der Waals surface area (Å²) in [5.41, 5.74) is 2.05. The number of ether oxygens (including phenoxy) is 2. The Morgan fingerprint density at radius 1 is 0.903 bits per heavy atom. The Balaban J connectivity index is 1.54. The van der Waals surface area contributed by atoms with Gasteiger partial charge in [0.2, 0.25) is 0 Å². The number of benzene rings is 3. The molecule has 0 bridgehead atoms. The number of hydrogen-bond donors (Lipinski definition) is 2. The van der Waals surface area contributed by atoms with E-state index in [1.807, 2.05) is 36.4 Å². The lowest BCUT2D eigenvalue weighted by Crippen LogP contribution is -2.27. The van der Waals surface area contributed by atoms with Gasteiger partial charge >= 0.3 is 0 Å². The molecule has 0 aliphatic heterocycles. The molecule has 3 aromatic rings. The number of carbonyl (C=O) groups is 2. The highest BCUT2D eigenvalue weighted by Gasteiger charge is 2.13. The van der Waals surface area contributed by atoms with Crippen LogP contribution in [0.25, 0.3) is 0 Å². The summed E-state index contributed by atoms with van der Waals surface area (Å²) in [6.07, 6.45) is 0.633. The summed E-state index contributed by atoms with van der Waals surface area (Å²) < 4.78 is 11.9. The molecule has 0 radical (unpaired) electrons. The molecule has 0 saturated heterocycles. The average Bonchev–Trinajstić information content (AvgIpc) is 2.79. The van der Waals surface area contributed by atoms with E-state index >= 15 is 0 Å². The largest absolute Gasteiger partial charge is 0.496 e. The van der Waals surface area contributed by atoms with Gasteiger partial charge in [-0.1, -0.05) is 46.3 Å². The molecule has 0 aromatic heterocycles. The molecule has 160 valence electrons. The van der Waals surface area contributed by atoms with E-state index in [0.717, 1.165) is 15.8 Å². The summed E-state index contributed by atoms with van der Waals surface area (Å²) in [4.78, 5) is 24.8. The first kappa shape index (κ1) is 22.4. The Morgan fingerprint density at radius 3 is 2.32 bits per heavy atom. The molecule has 31 heavy (non-hydrogen) atoms. The van der Waals surface area contributed by atoms with Crippen molar-refractivity contribution in [1.82, 2.24) is 5.32 Å². The second-order valence-corrected chi connectivity index (χ2v) is 7.57. The van der Waals surface area contributed by atoms with Crippen LogP contribution in [0.2, 0.25) is 0 Å². The molecule has 0 saturated carbocycles. The summed E-state index contributed by atoms with van der Waals surface area (Å²) in [6.45, 7) is 0.235. The van der Waals surface area contributed by atoms with Crippen molar-refractivity contribution < 1.29 is 19.1 Å². The van der Waals surface area contributed by atoms with Crippen molar-refractivity contribution in [3.05, 3.63) is 88.4 Å². The van der Waals surface area contributed by atoms with Gasteiger partial charge in [0.05, 0.1) is 12.7 Å². The first-order chi connectivity index (χ1) is 15.1. The van der Waals surface area contributed by atoms with E-state index in [2.05, 4.69) is 26.6 Å². The minimum Gasteiger partial charge on any atom is -0.496 e. The van der Waals surface area contributed by atoms with Gasteiger partial charge in [-0.3, -0.25) is 9.59 Å². The summed E-state index contributed by atoms with van der Waals surface area (Å²) in [6, 6.07) is 21.8. The van der Waals surface area contributed by atoms with E-state index in [1.165, 1.54) is 0 Å². The maximum atomic E-state index is 12.7. The zero-order valence-corrected chi connectivity index (χ0v) is 18.6. The topological polar surface area (TPSA) is 76.7 Å². The molecule has 3 aromatic carbocycles. The Kier molecular flexibility index (Phi) is 8.06. The second kappa shape index (κ2) is 11.2. The SMILES string of the molecule is COc1ccccc1CCNC(=O)c1ccccc1OCC(=O)Nc1ccc(Br)cc1. The van der Waals surface area contributed by atoms with Crippen molar-refractivity contribution in [3.8, 4) is 11.5 Å². The van der Waals surface area contributed by atoms with Crippen LogP contribution >= 0.6 is 15.9 Å². The fourth-order valence-corrected chi connectivity index (χ4v) is 3.23. The molecule has 3 rings (SSSR count). The molecule has 6 nitrogen and oxygen atoms in total. The summed E-state index contributed by atoms with van der Waals surface area (Å²) in [5.74, 6) is 0.563. The average molecular weight is 483 g/mol. The summed E-state index contributed by atoms with van der Waals surface area (Å²) >= 11 is 3.35. The van der Waals surface area contributed by atoms with Crippen molar-refractivity contribution in [2.45, 2.75) is 6.42 Å². The van der Waals surface area contributed by atoms with Crippen LogP contribution in [-0.2, 0) is 11.2 Å². The van der Waals surface area contributed by atoms with Crippen LogP contribution in [0.5, 0.6) is 11.5 Å². The molecule has 0 aliphatic rings. The zero-order chi connectivity index (χ0) is 22.1. The van der Waals surface area contributed by atoms with Gasteiger partial charge in [0.25, 0.3) is 11.8 Å². The lowest BCUT2D eigenvalue weighted by atomic mass is 10.1. The molecule has 0 atom stereocenters. The van der Waals surface area contributed by atoms with Crippen molar-refractivity contribution in [2.75, 3.05) is 25.6 Å². The third-order valence-electron chi connectivity index (χ3n) is 4.49. The molecule has 2 N–H and O–H groups in total. The first-order valence-electron chi connectivity index (χ1n) is 9.74. The maximum absolute atomic E-state index is 12.7. The highest BCUT2D eigenvalue weighted by Crippen LogP contribution is 2.20. The molecule has 0 spiro atoms. The number of rotatable bonds is 9. The molecule has 0 unspecified atom stereocenters. The highest BCUT2D eigenvalue weighted by atomic mass is 79.9. The molecule has 0 heterocycles. The van der Waals surface area contributed by atoms with Gasteiger partial charge < -0.3 is 20.1 Å². The van der Waals surface area contributed by atoms with Gasteiger partial charge in [-0.2, -0.15) is 0 Å². The van der Waals surface area contributed by atoms with Crippen molar-refractivity contribution in [1.29, 1.82) is 0 Å². The van der Waals surface area contributed by atoms with E-state index in [0.29, 0.717) is 30.0 Å². The molecular weight excluding hydrogens is 460 g/mol. The van der Waals surface area contributed by atoms with Crippen molar-refractivity contribution >= 4 is 33.4 Å². The molecule has 2 amide bonds. The van der Waals surface area contributed by atoms with Gasteiger partial charge in [0.1, 0.15) is 11.5 Å². The minimum absolute atomic E-state index is 0.207. The summed E-state index contributed by atoms with van der Waals surface area (Å²) in [7, 11) is 1.62. The fourth-order valence-electron chi connectivity index (χ4n) is 2.97. The number of carbonyl (C=O) groups excluding carboxylic acids is 2. The lowest BCUT2D eigenvalue weighted by molar-refractivity contribution is -0.118. The predicted molar refractivity (Wildman–Crippen MR) is 124 cm³/mol. The third kappa shape index (κ3) is 6.58. The molecule has 0 aliphatic carbocycles. The number of anilines is 1. The van der Waals surface area contributed by atoms with E-state index < -0.39 is 0 Å². The Hall–Kier alpha value is -3.32. The van der Waals surface area contributed by atoms with Gasteiger partial charge in [0, 0.05) is 16.7 Å². The first-order valence-corrected chi connectivity index (χ1v) is 10.5. The van der Waals surface area contributed by atoms with Crippen LogP contribution in [-0.4, -0.2) is 32.1 Å². The van der Waals surface area contributed by atoms with Crippen molar-refractivity contribution in [2.24, 2.45) is 0 Å². The minimum atomic E-state index is -0.311. The van der Waals surface area contributed by atoms with E-state index in [9.17, 15) is 9.59 Å². The number of amides is 2.